The minimum Gasteiger partial charge on any atom is -0.329 e. The van der Waals surface area contributed by atoms with Crippen LogP contribution in [0.3, 0.4) is 0 Å². The zero-order valence-electron chi connectivity index (χ0n) is 13.3. The van der Waals surface area contributed by atoms with Crippen LogP contribution in [0.2, 0.25) is 0 Å². The van der Waals surface area contributed by atoms with E-state index in [0.29, 0.717) is 13.1 Å². The van der Waals surface area contributed by atoms with Gasteiger partial charge in [-0.15, -0.1) is 0 Å². The van der Waals surface area contributed by atoms with Gasteiger partial charge in [-0.25, -0.2) is 0 Å². The SMILES string of the molecule is CN(Cc1ccccc1)S(=O)(=O)N(CCN)Cc1ccccc1. The maximum atomic E-state index is 12.8. The average molecular weight is 333 g/mol. The Bertz CT molecular complexity index is 690. The van der Waals surface area contributed by atoms with Crippen molar-refractivity contribution < 1.29 is 8.42 Å². The van der Waals surface area contributed by atoms with Crippen molar-refractivity contribution in [2.45, 2.75) is 13.1 Å². The summed E-state index contributed by atoms with van der Waals surface area (Å²) in [6, 6.07) is 19.1. The van der Waals surface area contributed by atoms with Gasteiger partial charge in [-0.2, -0.15) is 17.0 Å². The molecule has 0 aliphatic carbocycles. The molecule has 0 heterocycles. The second-order valence-corrected chi connectivity index (χ2v) is 7.39. The van der Waals surface area contributed by atoms with E-state index in [0.717, 1.165) is 11.1 Å². The zero-order chi connectivity index (χ0) is 16.7. The number of hydrogen-bond acceptors (Lipinski definition) is 3. The fraction of sp³-hybridized carbons (Fsp3) is 0.294. The summed E-state index contributed by atoms with van der Waals surface area (Å²) in [7, 11) is -1.98. The minimum absolute atomic E-state index is 0.283. The first-order valence-corrected chi connectivity index (χ1v) is 8.93. The third kappa shape index (κ3) is 4.87. The third-order valence-electron chi connectivity index (χ3n) is 3.55. The van der Waals surface area contributed by atoms with E-state index in [1.807, 2.05) is 60.7 Å². The Morgan fingerprint density at radius 1 is 0.870 bits per heavy atom. The largest absolute Gasteiger partial charge is 0.329 e. The second-order valence-electron chi connectivity index (χ2n) is 5.36. The number of benzene rings is 2. The predicted octanol–water partition coefficient (Wildman–Crippen LogP) is 1.82. The van der Waals surface area contributed by atoms with E-state index < -0.39 is 10.2 Å². The summed E-state index contributed by atoms with van der Waals surface area (Å²) in [5.41, 5.74) is 7.50. The molecule has 0 bridgehead atoms. The highest BCUT2D eigenvalue weighted by Gasteiger charge is 2.26. The molecule has 0 fully saturated rings. The topological polar surface area (TPSA) is 66.6 Å². The quantitative estimate of drug-likeness (QED) is 0.801. The van der Waals surface area contributed by atoms with E-state index in [1.165, 1.54) is 8.61 Å². The Morgan fingerprint density at radius 3 is 1.83 bits per heavy atom. The van der Waals surface area contributed by atoms with Crippen LogP contribution in [0.5, 0.6) is 0 Å². The van der Waals surface area contributed by atoms with Crippen LogP contribution < -0.4 is 5.73 Å². The highest BCUT2D eigenvalue weighted by Crippen LogP contribution is 2.14. The van der Waals surface area contributed by atoms with Crippen molar-refractivity contribution in [3.05, 3.63) is 71.8 Å². The Labute approximate surface area is 138 Å². The van der Waals surface area contributed by atoms with Crippen molar-refractivity contribution in [2.75, 3.05) is 20.1 Å². The van der Waals surface area contributed by atoms with Crippen molar-refractivity contribution in [1.82, 2.24) is 8.61 Å². The van der Waals surface area contributed by atoms with Crippen molar-refractivity contribution in [3.8, 4) is 0 Å². The Morgan fingerprint density at radius 2 is 1.35 bits per heavy atom. The molecule has 2 aromatic rings. The molecule has 23 heavy (non-hydrogen) atoms. The Balaban J connectivity index is 2.15. The summed E-state index contributed by atoms with van der Waals surface area (Å²) in [6.07, 6.45) is 0. The van der Waals surface area contributed by atoms with Gasteiger partial charge in [0, 0.05) is 33.2 Å². The van der Waals surface area contributed by atoms with Gasteiger partial charge in [-0.05, 0) is 11.1 Å². The molecule has 2 N–H and O–H groups in total. The van der Waals surface area contributed by atoms with Crippen LogP contribution >= 0.6 is 0 Å². The number of nitrogens with zero attached hydrogens (tertiary/aromatic N) is 2. The summed E-state index contributed by atoms with van der Waals surface area (Å²) in [5, 5.41) is 0. The van der Waals surface area contributed by atoms with Gasteiger partial charge >= 0.3 is 0 Å². The van der Waals surface area contributed by atoms with Crippen LogP contribution in [0.25, 0.3) is 0 Å². The van der Waals surface area contributed by atoms with Gasteiger partial charge in [0.2, 0.25) is 0 Å². The van der Waals surface area contributed by atoms with Gasteiger partial charge in [0.25, 0.3) is 10.2 Å². The van der Waals surface area contributed by atoms with Crippen molar-refractivity contribution >= 4 is 10.2 Å². The molecule has 0 aromatic heterocycles. The monoisotopic (exact) mass is 333 g/mol. The standard InChI is InChI=1S/C17H23N3O2S/c1-19(14-16-8-4-2-5-9-16)23(21,22)20(13-12-18)15-17-10-6-3-7-11-17/h2-11H,12-15,18H2,1H3. The summed E-state index contributed by atoms with van der Waals surface area (Å²) in [4.78, 5) is 0. The summed E-state index contributed by atoms with van der Waals surface area (Å²) in [6.45, 7) is 1.22. The lowest BCUT2D eigenvalue weighted by Gasteiger charge is -2.27. The normalized spacial score (nSPS) is 12.0. The van der Waals surface area contributed by atoms with Crippen LogP contribution in [0.15, 0.2) is 60.7 Å². The first-order valence-electron chi connectivity index (χ1n) is 7.53. The molecule has 0 saturated carbocycles. The van der Waals surface area contributed by atoms with Crippen LogP contribution in [0.4, 0.5) is 0 Å². The van der Waals surface area contributed by atoms with Gasteiger partial charge < -0.3 is 5.73 Å². The molecule has 0 saturated heterocycles. The van der Waals surface area contributed by atoms with Crippen molar-refractivity contribution in [3.63, 3.8) is 0 Å². The molecule has 2 aromatic carbocycles. The molecular formula is C17H23N3O2S. The average Bonchev–Trinajstić information content (AvgIpc) is 2.56. The fourth-order valence-corrected chi connectivity index (χ4v) is 3.68. The van der Waals surface area contributed by atoms with E-state index in [2.05, 4.69) is 0 Å². The highest BCUT2D eigenvalue weighted by molar-refractivity contribution is 7.86. The molecule has 0 radical (unpaired) electrons. The van der Waals surface area contributed by atoms with Crippen LogP contribution in [-0.4, -0.2) is 37.2 Å². The molecule has 124 valence electrons. The smallest absolute Gasteiger partial charge is 0.282 e. The van der Waals surface area contributed by atoms with Gasteiger partial charge in [-0.3, -0.25) is 0 Å². The molecule has 0 aliphatic rings. The molecule has 0 spiro atoms. The van der Waals surface area contributed by atoms with E-state index in [-0.39, 0.29) is 13.1 Å². The predicted molar refractivity (Wildman–Crippen MR) is 92.7 cm³/mol. The van der Waals surface area contributed by atoms with Crippen LogP contribution in [0.1, 0.15) is 11.1 Å². The molecule has 6 heteroatoms. The molecular weight excluding hydrogens is 310 g/mol. The lowest BCUT2D eigenvalue weighted by atomic mass is 10.2. The maximum Gasteiger partial charge on any atom is 0.282 e. The van der Waals surface area contributed by atoms with E-state index in [4.69, 9.17) is 5.73 Å². The van der Waals surface area contributed by atoms with Gasteiger partial charge in [0.15, 0.2) is 0 Å². The van der Waals surface area contributed by atoms with E-state index >= 15 is 0 Å². The number of nitrogens with two attached hydrogens (primary N) is 1. The number of rotatable bonds is 8. The molecule has 0 unspecified atom stereocenters. The first-order chi connectivity index (χ1) is 11.0. The Kier molecular flexibility index (Phi) is 6.29. The molecule has 2 rings (SSSR count). The molecule has 0 aliphatic heterocycles. The van der Waals surface area contributed by atoms with Crippen molar-refractivity contribution in [2.24, 2.45) is 5.73 Å². The third-order valence-corrected chi connectivity index (χ3v) is 5.43. The van der Waals surface area contributed by atoms with Gasteiger partial charge in [0.05, 0.1) is 0 Å². The second kappa shape index (κ2) is 8.21. The summed E-state index contributed by atoms with van der Waals surface area (Å²) >= 11 is 0. The lowest BCUT2D eigenvalue weighted by molar-refractivity contribution is 0.356. The highest BCUT2D eigenvalue weighted by atomic mass is 32.2. The Hall–Kier alpha value is -1.73. The van der Waals surface area contributed by atoms with Crippen LogP contribution in [0, 0.1) is 0 Å². The van der Waals surface area contributed by atoms with Crippen LogP contribution in [-0.2, 0) is 23.3 Å². The summed E-state index contributed by atoms with van der Waals surface area (Å²) in [5.74, 6) is 0. The van der Waals surface area contributed by atoms with E-state index in [1.54, 1.807) is 7.05 Å². The van der Waals surface area contributed by atoms with Crippen molar-refractivity contribution in [1.29, 1.82) is 0 Å². The zero-order valence-corrected chi connectivity index (χ0v) is 14.1. The van der Waals surface area contributed by atoms with E-state index in [9.17, 15) is 8.42 Å². The summed E-state index contributed by atoms with van der Waals surface area (Å²) < 4.78 is 28.4. The first kappa shape index (κ1) is 17.6. The van der Waals surface area contributed by atoms with Gasteiger partial charge in [0.1, 0.15) is 0 Å². The molecule has 5 nitrogen and oxygen atoms in total. The maximum absolute atomic E-state index is 12.8. The van der Waals surface area contributed by atoms with Gasteiger partial charge in [-0.1, -0.05) is 60.7 Å². The fourth-order valence-electron chi connectivity index (χ4n) is 2.33. The minimum atomic E-state index is -3.57. The number of hydrogen-bond donors (Lipinski definition) is 1. The lowest BCUT2D eigenvalue weighted by Crippen LogP contribution is -2.43. The molecule has 0 amide bonds. The molecule has 0 atom stereocenters.